The van der Waals surface area contributed by atoms with Crippen molar-refractivity contribution in [2.24, 2.45) is 5.92 Å². The fraction of sp³-hybridized carbons (Fsp3) is 0.320. The number of fused-ring (bicyclic) bond motifs is 1. The van der Waals surface area contributed by atoms with Gasteiger partial charge in [-0.15, -0.1) is 0 Å². The van der Waals surface area contributed by atoms with Crippen molar-refractivity contribution in [2.45, 2.75) is 38.6 Å². The SMILES string of the molecule is C=C(/C=C/C1=C/C(C)/C=C(F)\C=C/CN1C1CC1)Nc1cccc2c1CCC(=O)N2. The summed E-state index contributed by atoms with van der Waals surface area (Å²) in [6.45, 7) is 6.85. The van der Waals surface area contributed by atoms with Crippen LogP contribution in [0, 0.1) is 5.92 Å². The third-order valence-corrected chi connectivity index (χ3v) is 5.56. The highest BCUT2D eigenvalue weighted by molar-refractivity contribution is 5.95. The molecule has 1 fully saturated rings. The Balaban J connectivity index is 1.52. The van der Waals surface area contributed by atoms with Crippen LogP contribution < -0.4 is 10.6 Å². The van der Waals surface area contributed by atoms with Gasteiger partial charge in [0.15, 0.2) is 0 Å². The number of nitrogens with one attached hydrogen (secondary N) is 2. The first kappa shape index (κ1) is 20.2. The van der Waals surface area contributed by atoms with Crippen LogP contribution in [0.4, 0.5) is 15.8 Å². The van der Waals surface area contributed by atoms with Gasteiger partial charge in [0, 0.05) is 41.8 Å². The first-order valence-corrected chi connectivity index (χ1v) is 10.6. The standard InChI is InChI=1S/C25H28FN3O/c1-17-15-19(26)5-4-14-29(20-10-11-20)21(16-17)9-8-18(2)27-23-6-3-7-24-22(23)12-13-25(30)28-24/h3-9,15-17,20,27H,2,10-14H2,1H3,(H,28,30)/b5-4-,9-8+,19-15+,21-16-. The van der Waals surface area contributed by atoms with Crippen molar-refractivity contribution >= 4 is 17.3 Å². The van der Waals surface area contributed by atoms with Gasteiger partial charge in [0.25, 0.3) is 0 Å². The molecule has 0 spiro atoms. The van der Waals surface area contributed by atoms with Crippen LogP contribution in [-0.4, -0.2) is 23.4 Å². The smallest absolute Gasteiger partial charge is 0.224 e. The van der Waals surface area contributed by atoms with E-state index in [1.54, 1.807) is 12.2 Å². The summed E-state index contributed by atoms with van der Waals surface area (Å²) in [7, 11) is 0. The second-order valence-corrected chi connectivity index (χ2v) is 8.15. The molecule has 4 nitrogen and oxygen atoms in total. The number of hydrogen-bond donors (Lipinski definition) is 2. The van der Waals surface area contributed by atoms with Crippen molar-refractivity contribution < 1.29 is 9.18 Å². The van der Waals surface area contributed by atoms with E-state index >= 15 is 0 Å². The van der Waals surface area contributed by atoms with Crippen molar-refractivity contribution in [2.75, 3.05) is 17.2 Å². The Morgan fingerprint density at radius 1 is 1.30 bits per heavy atom. The van der Waals surface area contributed by atoms with Crippen molar-refractivity contribution in [3.8, 4) is 0 Å². The minimum absolute atomic E-state index is 0.000344. The molecule has 1 saturated carbocycles. The molecular weight excluding hydrogens is 377 g/mol. The number of hydrogen-bond acceptors (Lipinski definition) is 3. The Morgan fingerprint density at radius 2 is 2.13 bits per heavy atom. The van der Waals surface area contributed by atoms with E-state index in [9.17, 15) is 9.18 Å². The fourth-order valence-corrected chi connectivity index (χ4v) is 3.94. The second-order valence-electron chi connectivity index (χ2n) is 8.15. The van der Waals surface area contributed by atoms with E-state index < -0.39 is 0 Å². The minimum Gasteiger partial charge on any atom is -0.365 e. The lowest BCUT2D eigenvalue weighted by atomic mass is 10.0. The Hall–Kier alpha value is -3.08. The quantitative estimate of drug-likeness (QED) is 0.639. The van der Waals surface area contributed by atoms with Gasteiger partial charge >= 0.3 is 0 Å². The molecule has 1 unspecified atom stereocenters. The van der Waals surface area contributed by atoms with E-state index in [1.807, 2.05) is 37.3 Å². The van der Waals surface area contributed by atoms with Gasteiger partial charge in [0.05, 0.1) is 0 Å². The molecule has 1 atom stereocenters. The molecule has 2 heterocycles. The van der Waals surface area contributed by atoms with Gasteiger partial charge in [-0.2, -0.15) is 0 Å². The van der Waals surface area contributed by atoms with Crippen LogP contribution >= 0.6 is 0 Å². The molecule has 0 bridgehead atoms. The molecule has 1 aliphatic carbocycles. The van der Waals surface area contributed by atoms with Gasteiger partial charge in [0.2, 0.25) is 5.91 Å². The maximum atomic E-state index is 13.9. The van der Waals surface area contributed by atoms with E-state index in [1.165, 1.54) is 12.8 Å². The average Bonchev–Trinajstić information content (AvgIpc) is 3.53. The molecule has 1 aromatic rings. The van der Waals surface area contributed by atoms with Gasteiger partial charge in [-0.1, -0.05) is 31.7 Å². The summed E-state index contributed by atoms with van der Waals surface area (Å²) in [5, 5.41) is 6.30. The van der Waals surface area contributed by atoms with Crippen LogP contribution in [0.15, 0.2) is 78.5 Å². The fourth-order valence-electron chi connectivity index (χ4n) is 3.94. The van der Waals surface area contributed by atoms with Gasteiger partial charge in [0.1, 0.15) is 5.83 Å². The highest BCUT2D eigenvalue weighted by Gasteiger charge is 2.29. The number of amides is 1. The maximum Gasteiger partial charge on any atom is 0.224 e. The largest absolute Gasteiger partial charge is 0.365 e. The zero-order chi connectivity index (χ0) is 21.1. The molecule has 4 rings (SSSR count). The summed E-state index contributed by atoms with van der Waals surface area (Å²) in [6.07, 6.45) is 14.8. The van der Waals surface area contributed by atoms with Crippen LogP contribution in [0.5, 0.6) is 0 Å². The molecule has 5 heteroatoms. The predicted molar refractivity (Wildman–Crippen MR) is 121 cm³/mol. The van der Waals surface area contributed by atoms with Crippen LogP contribution in [0.25, 0.3) is 0 Å². The van der Waals surface area contributed by atoms with Crippen molar-refractivity contribution in [3.63, 3.8) is 0 Å². The Morgan fingerprint density at radius 3 is 2.93 bits per heavy atom. The van der Waals surface area contributed by atoms with Crippen LogP contribution in [-0.2, 0) is 11.2 Å². The lowest BCUT2D eigenvalue weighted by molar-refractivity contribution is -0.116. The number of rotatable bonds is 5. The van der Waals surface area contributed by atoms with Gasteiger partial charge in [-0.05, 0) is 67.2 Å². The molecule has 2 N–H and O–H groups in total. The van der Waals surface area contributed by atoms with Gasteiger partial charge in [-0.25, -0.2) is 4.39 Å². The van der Waals surface area contributed by atoms with Crippen LogP contribution in [0.2, 0.25) is 0 Å². The molecule has 1 amide bonds. The molecule has 0 saturated heterocycles. The summed E-state index contributed by atoms with van der Waals surface area (Å²) in [5.74, 6) is -0.134. The normalized spacial score (nSPS) is 26.3. The zero-order valence-electron chi connectivity index (χ0n) is 17.3. The molecule has 156 valence electrons. The lowest BCUT2D eigenvalue weighted by Crippen LogP contribution is -2.25. The first-order valence-electron chi connectivity index (χ1n) is 10.6. The average molecular weight is 406 g/mol. The molecule has 2 aliphatic heterocycles. The minimum atomic E-state index is -0.188. The number of anilines is 2. The lowest BCUT2D eigenvalue weighted by Gasteiger charge is -2.25. The third-order valence-electron chi connectivity index (χ3n) is 5.56. The Labute approximate surface area is 177 Å². The Kier molecular flexibility index (Phi) is 5.88. The molecule has 3 aliphatic rings. The number of allylic oxidation sites excluding steroid dienone is 6. The van der Waals surface area contributed by atoms with Crippen molar-refractivity contribution in [1.29, 1.82) is 0 Å². The topological polar surface area (TPSA) is 44.4 Å². The van der Waals surface area contributed by atoms with E-state index in [2.05, 4.69) is 34.3 Å². The van der Waals surface area contributed by atoms with Crippen LogP contribution in [0.1, 0.15) is 31.7 Å². The monoisotopic (exact) mass is 405 g/mol. The van der Waals surface area contributed by atoms with Gasteiger partial charge < -0.3 is 15.5 Å². The molecular formula is C25H28FN3O. The highest BCUT2D eigenvalue weighted by Crippen LogP contribution is 2.32. The van der Waals surface area contributed by atoms with E-state index in [0.717, 1.165) is 28.3 Å². The second kappa shape index (κ2) is 8.74. The van der Waals surface area contributed by atoms with E-state index in [0.29, 0.717) is 25.4 Å². The number of carbonyl (C=O) groups excluding carboxylic acids is 1. The van der Waals surface area contributed by atoms with Crippen LogP contribution in [0.3, 0.4) is 0 Å². The molecule has 0 radical (unpaired) electrons. The summed E-state index contributed by atoms with van der Waals surface area (Å²) < 4.78 is 13.9. The molecule has 0 aromatic heterocycles. The number of halogens is 1. The summed E-state index contributed by atoms with van der Waals surface area (Å²) >= 11 is 0. The van der Waals surface area contributed by atoms with E-state index in [4.69, 9.17) is 0 Å². The van der Waals surface area contributed by atoms with E-state index in [-0.39, 0.29) is 17.7 Å². The first-order chi connectivity index (χ1) is 14.5. The maximum absolute atomic E-state index is 13.9. The number of benzene rings is 1. The van der Waals surface area contributed by atoms with Crippen molar-refractivity contribution in [1.82, 2.24) is 4.90 Å². The summed E-state index contributed by atoms with van der Waals surface area (Å²) in [5.41, 5.74) is 4.78. The predicted octanol–water partition coefficient (Wildman–Crippen LogP) is 5.46. The van der Waals surface area contributed by atoms with Crippen molar-refractivity contribution in [3.05, 3.63) is 84.0 Å². The Bertz CT molecular complexity index is 969. The summed E-state index contributed by atoms with van der Waals surface area (Å²) in [4.78, 5) is 14.0. The molecule has 1 aromatic carbocycles. The van der Waals surface area contributed by atoms with Gasteiger partial charge in [-0.3, -0.25) is 4.79 Å². The number of nitrogens with zero attached hydrogens (tertiary/aromatic N) is 1. The third kappa shape index (κ3) is 4.90. The highest BCUT2D eigenvalue weighted by atomic mass is 19.1. The molecule has 30 heavy (non-hydrogen) atoms. The summed E-state index contributed by atoms with van der Waals surface area (Å²) in [6, 6.07) is 6.37. The number of carbonyl (C=O) groups is 1. The zero-order valence-corrected chi connectivity index (χ0v) is 17.3.